The van der Waals surface area contributed by atoms with E-state index in [4.69, 9.17) is 16.3 Å². The molecule has 0 aliphatic carbocycles. The number of hydrogen-bond donors (Lipinski definition) is 2. The molecule has 1 heterocycles. The number of anilines is 3. The van der Waals surface area contributed by atoms with Crippen LogP contribution in [0.15, 0.2) is 54.6 Å². The normalized spacial score (nSPS) is 10.4. The van der Waals surface area contributed by atoms with Crippen molar-refractivity contribution in [3.05, 3.63) is 71.0 Å². The molecule has 0 fully saturated rings. The summed E-state index contributed by atoms with van der Waals surface area (Å²) in [5, 5.41) is 7.28. The Hall–Kier alpha value is -2.79. The fraction of sp³-hybridized carbons (Fsp3) is 0.158. The molecule has 0 saturated carbocycles. The van der Waals surface area contributed by atoms with E-state index < -0.39 is 0 Å². The van der Waals surface area contributed by atoms with Crippen LogP contribution in [0.4, 0.5) is 17.3 Å². The van der Waals surface area contributed by atoms with Gasteiger partial charge in [-0.05, 0) is 37.3 Å². The quantitative estimate of drug-likeness (QED) is 0.665. The predicted molar refractivity (Wildman–Crippen MR) is 102 cm³/mol. The zero-order chi connectivity index (χ0) is 17.6. The molecule has 0 radical (unpaired) electrons. The van der Waals surface area contributed by atoms with Crippen molar-refractivity contribution < 1.29 is 4.74 Å². The molecule has 0 spiro atoms. The number of rotatable bonds is 6. The van der Waals surface area contributed by atoms with Crippen molar-refractivity contribution in [3.63, 3.8) is 0 Å². The SMILES string of the molecule is COc1ccccc1CNc1cc(Nc2ccc(Cl)cc2)nc(C)n1. The average Bonchev–Trinajstić information content (AvgIpc) is 2.62. The van der Waals surface area contributed by atoms with E-state index in [1.54, 1.807) is 7.11 Å². The van der Waals surface area contributed by atoms with E-state index >= 15 is 0 Å². The number of hydrogen-bond acceptors (Lipinski definition) is 5. The fourth-order valence-electron chi connectivity index (χ4n) is 2.44. The van der Waals surface area contributed by atoms with E-state index in [0.717, 1.165) is 28.6 Å². The maximum Gasteiger partial charge on any atom is 0.136 e. The van der Waals surface area contributed by atoms with Gasteiger partial charge >= 0.3 is 0 Å². The molecule has 128 valence electrons. The molecule has 5 nitrogen and oxygen atoms in total. The van der Waals surface area contributed by atoms with Gasteiger partial charge in [0.15, 0.2) is 0 Å². The Morgan fingerprint density at radius 2 is 1.72 bits per heavy atom. The third-order valence-electron chi connectivity index (χ3n) is 3.61. The van der Waals surface area contributed by atoms with Gasteiger partial charge in [-0.25, -0.2) is 9.97 Å². The summed E-state index contributed by atoms with van der Waals surface area (Å²) < 4.78 is 5.37. The monoisotopic (exact) mass is 354 g/mol. The largest absolute Gasteiger partial charge is 0.496 e. The molecule has 2 aromatic carbocycles. The molecule has 6 heteroatoms. The molecule has 0 saturated heterocycles. The van der Waals surface area contributed by atoms with Gasteiger partial charge in [0.05, 0.1) is 7.11 Å². The van der Waals surface area contributed by atoms with Crippen LogP contribution >= 0.6 is 11.6 Å². The highest BCUT2D eigenvalue weighted by molar-refractivity contribution is 6.30. The van der Waals surface area contributed by atoms with Crippen molar-refractivity contribution in [1.29, 1.82) is 0 Å². The zero-order valence-corrected chi connectivity index (χ0v) is 14.8. The number of nitrogens with zero attached hydrogens (tertiary/aromatic N) is 2. The molecule has 0 aliphatic heterocycles. The van der Waals surface area contributed by atoms with Crippen LogP contribution in [0.25, 0.3) is 0 Å². The van der Waals surface area contributed by atoms with Gasteiger partial charge in [0.2, 0.25) is 0 Å². The second-order valence-corrected chi connectivity index (χ2v) is 5.92. The Balaban J connectivity index is 1.74. The average molecular weight is 355 g/mol. The van der Waals surface area contributed by atoms with E-state index in [1.807, 2.05) is 61.5 Å². The van der Waals surface area contributed by atoms with Gasteiger partial charge in [0.1, 0.15) is 23.2 Å². The number of aromatic nitrogens is 2. The minimum absolute atomic E-state index is 0.612. The topological polar surface area (TPSA) is 59.1 Å². The molecule has 1 aromatic heterocycles. The lowest BCUT2D eigenvalue weighted by Crippen LogP contribution is -2.06. The standard InChI is InChI=1S/C19H19ClN4O/c1-13-22-18(21-12-14-5-3-4-6-17(14)25-2)11-19(23-13)24-16-9-7-15(20)8-10-16/h3-11H,12H2,1-2H3,(H2,21,22,23,24). The summed E-state index contributed by atoms with van der Waals surface area (Å²) in [5.41, 5.74) is 1.98. The van der Waals surface area contributed by atoms with Crippen LogP contribution in [-0.2, 0) is 6.54 Å². The van der Waals surface area contributed by atoms with Gasteiger partial charge in [-0.2, -0.15) is 0 Å². The number of ether oxygens (including phenoxy) is 1. The van der Waals surface area contributed by atoms with Gasteiger partial charge in [-0.15, -0.1) is 0 Å². The molecule has 2 N–H and O–H groups in total. The molecule has 3 rings (SSSR count). The number of nitrogens with one attached hydrogen (secondary N) is 2. The summed E-state index contributed by atoms with van der Waals surface area (Å²) in [6.07, 6.45) is 0. The van der Waals surface area contributed by atoms with Crippen molar-refractivity contribution in [2.75, 3.05) is 17.7 Å². The van der Waals surface area contributed by atoms with Crippen LogP contribution in [0.3, 0.4) is 0 Å². The van der Waals surface area contributed by atoms with Gasteiger partial charge < -0.3 is 15.4 Å². The predicted octanol–water partition coefficient (Wildman–Crippen LogP) is 4.80. The van der Waals surface area contributed by atoms with Crippen LogP contribution in [0, 0.1) is 6.92 Å². The van der Waals surface area contributed by atoms with Crippen molar-refractivity contribution in [1.82, 2.24) is 9.97 Å². The van der Waals surface area contributed by atoms with Crippen LogP contribution < -0.4 is 15.4 Å². The fourth-order valence-corrected chi connectivity index (χ4v) is 2.56. The summed E-state index contributed by atoms with van der Waals surface area (Å²) in [6.45, 7) is 2.47. The highest BCUT2D eigenvalue weighted by atomic mass is 35.5. The summed E-state index contributed by atoms with van der Waals surface area (Å²) in [4.78, 5) is 8.86. The Kier molecular flexibility index (Phi) is 5.36. The van der Waals surface area contributed by atoms with E-state index in [2.05, 4.69) is 20.6 Å². The Bertz CT molecular complexity index is 852. The Labute approximate surface area is 152 Å². The van der Waals surface area contributed by atoms with Gasteiger partial charge in [-0.1, -0.05) is 29.8 Å². The molecule has 25 heavy (non-hydrogen) atoms. The lowest BCUT2D eigenvalue weighted by Gasteiger charge is -2.12. The van der Waals surface area contributed by atoms with Crippen molar-refractivity contribution >= 4 is 28.9 Å². The van der Waals surface area contributed by atoms with E-state index in [1.165, 1.54) is 0 Å². The highest BCUT2D eigenvalue weighted by Crippen LogP contribution is 2.21. The Morgan fingerprint density at radius 3 is 2.48 bits per heavy atom. The molecule has 0 aliphatic rings. The van der Waals surface area contributed by atoms with Crippen molar-refractivity contribution in [3.8, 4) is 5.75 Å². The second kappa shape index (κ2) is 7.85. The van der Waals surface area contributed by atoms with Crippen LogP contribution in [0.1, 0.15) is 11.4 Å². The van der Waals surface area contributed by atoms with Gasteiger partial charge in [-0.3, -0.25) is 0 Å². The second-order valence-electron chi connectivity index (χ2n) is 5.48. The van der Waals surface area contributed by atoms with Crippen LogP contribution in [-0.4, -0.2) is 17.1 Å². The van der Waals surface area contributed by atoms with Gasteiger partial charge in [0, 0.05) is 28.9 Å². The van der Waals surface area contributed by atoms with E-state index in [9.17, 15) is 0 Å². The third-order valence-corrected chi connectivity index (χ3v) is 3.86. The number of aryl methyl sites for hydroxylation is 1. The van der Waals surface area contributed by atoms with Crippen LogP contribution in [0.5, 0.6) is 5.75 Å². The van der Waals surface area contributed by atoms with Crippen molar-refractivity contribution in [2.45, 2.75) is 13.5 Å². The maximum absolute atomic E-state index is 5.92. The summed E-state index contributed by atoms with van der Waals surface area (Å²) >= 11 is 5.92. The molecule has 0 atom stereocenters. The first-order valence-electron chi connectivity index (χ1n) is 7.88. The summed E-state index contributed by atoms with van der Waals surface area (Å²) in [6, 6.07) is 17.2. The minimum atomic E-state index is 0.612. The van der Waals surface area contributed by atoms with Gasteiger partial charge in [0.25, 0.3) is 0 Å². The molecular weight excluding hydrogens is 336 g/mol. The minimum Gasteiger partial charge on any atom is -0.496 e. The maximum atomic E-state index is 5.92. The highest BCUT2D eigenvalue weighted by Gasteiger charge is 2.05. The smallest absolute Gasteiger partial charge is 0.136 e. The first-order chi connectivity index (χ1) is 12.1. The summed E-state index contributed by atoms with van der Waals surface area (Å²) in [5.74, 6) is 2.99. The molecule has 0 amide bonds. The third kappa shape index (κ3) is 4.61. The zero-order valence-electron chi connectivity index (χ0n) is 14.1. The molecule has 0 bridgehead atoms. The van der Waals surface area contributed by atoms with E-state index in [-0.39, 0.29) is 0 Å². The molecular formula is C19H19ClN4O. The number of benzene rings is 2. The number of methoxy groups -OCH3 is 1. The van der Waals surface area contributed by atoms with E-state index in [0.29, 0.717) is 17.4 Å². The van der Waals surface area contributed by atoms with Crippen LogP contribution in [0.2, 0.25) is 5.02 Å². The first kappa shape index (κ1) is 17.0. The Morgan fingerprint density at radius 1 is 1.00 bits per heavy atom. The first-order valence-corrected chi connectivity index (χ1v) is 8.26. The lowest BCUT2D eigenvalue weighted by atomic mass is 10.2. The number of para-hydroxylation sites is 1. The van der Waals surface area contributed by atoms with Crippen molar-refractivity contribution in [2.24, 2.45) is 0 Å². The number of halogens is 1. The summed E-state index contributed by atoms with van der Waals surface area (Å²) in [7, 11) is 1.67. The lowest BCUT2D eigenvalue weighted by molar-refractivity contribution is 0.410. The molecule has 0 unspecified atom stereocenters. The molecule has 3 aromatic rings.